The fourth-order valence-electron chi connectivity index (χ4n) is 2.70. The molecule has 10 nitrogen and oxygen atoms in total. The predicted molar refractivity (Wildman–Crippen MR) is 103 cm³/mol. The number of esters is 1. The first-order valence-corrected chi connectivity index (χ1v) is 9.26. The Kier molecular flexibility index (Phi) is 5.83. The molecule has 4 rings (SSSR count). The number of aryl methyl sites for hydroxylation is 1. The van der Waals surface area contributed by atoms with E-state index in [1.807, 2.05) is 6.07 Å². The maximum absolute atomic E-state index is 12.0. The van der Waals surface area contributed by atoms with Gasteiger partial charge in [0.05, 0.1) is 6.42 Å². The van der Waals surface area contributed by atoms with Gasteiger partial charge in [0.25, 0.3) is 5.91 Å². The number of carbonyl (C=O) groups excluding carboxylic acids is 2. The highest BCUT2D eigenvalue weighted by molar-refractivity contribution is 5.93. The second-order valence-corrected chi connectivity index (χ2v) is 6.29. The molecule has 10 heteroatoms. The molecular weight excluding hydrogens is 392 g/mol. The molecule has 0 aliphatic carbocycles. The summed E-state index contributed by atoms with van der Waals surface area (Å²) in [5.74, 6) is 0.796. The Bertz CT molecular complexity index is 1040. The van der Waals surface area contributed by atoms with Crippen molar-refractivity contribution in [3.63, 3.8) is 0 Å². The third kappa shape index (κ3) is 4.90. The van der Waals surface area contributed by atoms with Crippen molar-refractivity contribution in [1.82, 2.24) is 15.1 Å². The lowest BCUT2D eigenvalue weighted by Crippen LogP contribution is -2.21. The van der Waals surface area contributed by atoms with Gasteiger partial charge in [0.15, 0.2) is 18.1 Å². The van der Waals surface area contributed by atoms with Crippen LogP contribution < -0.4 is 14.8 Å². The summed E-state index contributed by atoms with van der Waals surface area (Å²) in [5, 5.41) is 6.48. The van der Waals surface area contributed by atoms with Gasteiger partial charge in [-0.3, -0.25) is 14.6 Å². The van der Waals surface area contributed by atoms with Crippen LogP contribution in [-0.4, -0.2) is 46.8 Å². The molecule has 0 unspecified atom stereocenters. The van der Waals surface area contributed by atoms with E-state index in [9.17, 15) is 9.59 Å². The molecular formula is C20H18N4O6. The molecule has 1 aliphatic rings. The second kappa shape index (κ2) is 9.03. The highest BCUT2D eigenvalue weighted by Crippen LogP contribution is 2.32. The van der Waals surface area contributed by atoms with E-state index >= 15 is 0 Å². The van der Waals surface area contributed by atoms with Crippen LogP contribution in [0.15, 0.2) is 47.1 Å². The standard InChI is InChI=1S/C20H18N4O6/c25-17(22-13-4-5-15-16(11-13)28-10-9-27-15)12-29-19(26)7-6-18-23-20(24-30-18)14-3-1-2-8-21-14/h1-5,8,11H,6-7,9-10,12H2,(H,22,25). The lowest BCUT2D eigenvalue weighted by Gasteiger charge is -2.19. The molecule has 1 aliphatic heterocycles. The van der Waals surface area contributed by atoms with Crippen LogP contribution in [0.1, 0.15) is 12.3 Å². The van der Waals surface area contributed by atoms with Crippen LogP contribution in [-0.2, 0) is 20.7 Å². The molecule has 0 saturated carbocycles. The minimum Gasteiger partial charge on any atom is -0.486 e. The third-order valence-electron chi connectivity index (χ3n) is 4.10. The number of fused-ring (bicyclic) bond motifs is 1. The molecule has 1 N–H and O–H groups in total. The molecule has 0 fully saturated rings. The summed E-state index contributed by atoms with van der Waals surface area (Å²) >= 11 is 0. The first-order valence-electron chi connectivity index (χ1n) is 9.26. The molecule has 0 radical (unpaired) electrons. The summed E-state index contributed by atoms with van der Waals surface area (Å²) in [6.07, 6.45) is 1.82. The number of ether oxygens (including phenoxy) is 3. The van der Waals surface area contributed by atoms with E-state index in [0.717, 1.165) is 0 Å². The maximum Gasteiger partial charge on any atom is 0.306 e. The first-order chi connectivity index (χ1) is 14.7. The topological polar surface area (TPSA) is 126 Å². The Morgan fingerprint density at radius 1 is 1.10 bits per heavy atom. The normalized spacial score (nSPS) is 12.3. The molecule has 0 bridgehead atoms. The van der Waals surface area contributed by atoms with Gasteiger partial charge in [-0.05, 0) is 24.3 Å². The molecule has 0 saturated heterocycles. The van der Waals surface area contributed by atoms with Gasteiger partial charge in [-0.15, -0.1) is 0 Å². The first kappa shape index (κ1) is 19.4. The van der Waals surface area contributed by atoms with Gasteiger partial charge < -0.3 is 24.1 Å². The lowest BCUT2D eigenvalue weighted by atomic mass is 10.2. The van der Waals surface area contributed by atoms with E-state index in [1.165, 1.54) is 0 Å². The van der Waals surface area contributed by atoms with Crippen LogP contribution in [0, 0.1) is 0 Å². The number of nitrogens with one attached hydrogen (secondary N) is 1. The molecule has 154 valence electrons. The number of carbonyl (C=O) groups is 2. The lowest BCUT2D eigenvalue weighted by molar-refractivity contribution is -0.147. The van der Waals surface area contributed by atoms with E-state index in [1.54, 1.807) is 36.5 Å². The summed E-state index contributed by atoms with van der Waals surface area (Å²) in [7, 11) is 0. The fourth-order valence-corrected chi connectivity index (χ4v) is 2.70. The molecule has 3 heterocycles. The number of nitrogens with zero attached hydrogens (tertiary/aromatic N) is 3. The minimum atomic E-state index is -0.551. The zero-order chi connectivity index (χ0) is 20.8. The van der Waals surface area contributed by atoms with Gasteiger partial charge in [-0.2, -0.15) is 4.98 Å². The number of rotatable bonds is 7. The van der Waals surface area contributed by atoms with Crippen LogP contribution in [0.4, 0.5) is 5.69 Å². The van der Waals surface area contributed by atoms with Crippen molar-refractivity contribution in [2.24, 2.45) is 0 Å². The summed E-state index contributed by atoms with van der Waals surface area (Å²) in [4.78, 5) is 32.2. The third-order valence-corrected chi connectivity index (χ3v) is 4.10. The van der Waals surface area contributed by atoms with Crippen molar-refractivity contribution in [2.75, 3.05) is 25.1 Å². The Balaban J connectivity index is 1.21. The maximum atomic E-state index is 12.0. The number of anilines is 1. The van der Waals surface area contributed by atoms with E-state index in [4.69, 9.17) is 18.7 Å². The molecule has 2 aromatic heterocycles. The van der Waals surface area contributed by atoms with E-state index in [-0.39, 0.29) is 18.7 Å². The molecule has 1 aromatic carbocycles. The zero-order valence-electron chi connectivity index (χ0n) is 15.9. The van der Waals surface area contributed by atoms with Crippen molar-refractivity contribution < 1.29 is 28.3 Å². The number of aromatic nitrogens is 3. The van der Waals surface area contributed by atoms with Crippen LogP contribution >= 0.6 is 0 Å². The van der Waals surface area contributed by atoms with Gasteiger partial charge >= 0.3 is 5.97 Å². The van der Waals surface area contributed by atoms with Crippen LogP contribution in [0.5, 0.6) is 11.5 Å². The van der Waals surface area contributed by atoms with Crippen molar-refractivity contribution in [2.45, 2.75) is 12.8 Å². The number of pyridine rings is 1. The molecule has 0 spiro atoms. The molecule has 1 amide bonds. The quantitative estimate of drug-likeness (QED) is 0.582. The van der Waals surface area contributed by atoms with Gasteiger partial charge in [-0.1, -0.05) is 11.2 Å². The van der Waals surface area contributed by atoms with E-state index in [2.05, 4.69) is 20.4 Å². The number of hydrogen-bond donors (Lipinski definition) is 1. The van der Waals surface area contributed by atoms with Crippen LogP contribution in [0.2, 0.25) is 0 Å². The van der Waals surface area contributed by atoms with Crippen molar-refractivity contribution in [3.8, 4) is 23.0 Å². The van der Waals surface area contributed by atoms with Gasteiger partial charge in [0.1, 0.15) is 18.9 Å². The highest BCUT2D eigenvalue weighted by Gasteiger charge is 2.15. The summed E-state index contributed by atoms with van der Waals surface area (Å²) in [6.45, 7) is 0.532. The minimum absolute atomic E-state index is 0.00115. The SMILES string of the molecule is O=C(COC(=O)CCc1nc(-c2ccccn2)no1)Nc1ccc2c(c1)OCCO2. The number of amides is 1. The monoisotopic (exact) mass is 410 g/mol. The Labute approximate surface area is 171 Å². The van der Waals surface area contributed by atoms with E-state index in [0.29, 0.717) is 41.9 Å². The Hall–Kier alpha value is -3.95. The van der Waals surface area contributed by atoms with Crippen LogP contribution in [0.3, 0.4) is 0 Å². The Morgan fingerprint density at radius 3 is 2.80 bits per heavy atom. The summed E-state index contributed by atoms with van der Waals surface area (Å²) < 4.78 is 21.0. The number of benzene rings is 1. The van der Waals surface area contributed by atoms with Gasteiger partial charge in [0.2, 0.25) is 11.7 Å². The Morgan fingerprint density at radius 2 is 1.97 bits per heavy atom. The number of hydrogen-bond acceptors (Lipinski definition) is 9. The fraction of sp³-hybridized carbons (Fsp3) is 0.250. The molecule has 0 atom stereocenters. The van der Waals surface area contributed by atoms with Crippen molar-refractivity contribution in [3.05, 3.63) is 48.5 Å². The smallest absolute Gasteiger partial charge is 0.306 e. The van der Waals surface area contributed by atoms with Crippen molar-refractivity contribution >= 4 is 17.6 Å². The zero-order valence-corrected chi connectivity index (χ0v) is 15.9. The molecule has 3 aromatic rings. The largest absolute Gasteiger partial charge is 0.486 e. The predicted octanol–water partition coefficient (Wildman–Crippen LogP) is 2.02. The summed E-state index contributed by atoms with van der Waals surface area (Å²) in [6, 6.07) is 10.4. The van der Waals surface area contributed by atoms with Gasteiger partial charge in [-0.25, -0.2) is 0 Å². The van der Waals surface area contributed by atoms with Crippen LogP contribution in [0.25, 0.3) is 11.5 Å². The average molecular weight is 410 g/mol. The highest BCUT2D eigenvalue weighted by atomic mass is 16.6. The second-order valence-electron chi connectivity index (χ2n) is 6.29. The average Bonchev–Trinajstić information content (AvgIpc) is 3.26. The van der Waals surface area contributed by atoms with Crippen molar-refractivity contribution in [1.29, 1.82) is 0 Å². The summed E-state index contributed by atoms with van der Waals surface area (Å²) in [5.41, 5.74) is 1.10. The van der Waals surface area contributed by atoms with Gasteiger partial charge in [0, 0.05) is 24.4 Å². The van der Waals surface area contributed by atoms with E-state index < -0.39 is 18.5 Å². The molecule has 30 heavy (non-hydrogen) atoms.